The van der Waals surface area contributed by atoms with Crippen molar-refractivity contribution >= 4 is 12.1 Å². The highest BCUT2D eigenvalue weighted by molar-refractivity contribution is 5.79. The van der Waals surface area contributed by atoms with Crippen LogP contribution in [0.5, 0.6) is 0 Å². The molecule has 0 heterocycles. The maximum atomic E-state index is 12.1. The number of nitrogens with one attached hydrogen (secondary N) is 1. The molecular formula is C23H27NO4. The summed E-state index contributed by atoms with van der Waals surface area (Å²) in [6, 6.07) is 16.5. The third-order valence-corrected chi connectivity index (χ3v) is 5.51. The molecule has 1 atom stereocenters. The van der Waals surface area contributed by atoms with Crippen LogP contribution in [-0.4, -0.2) is 30.3 Å². The maximum absolute atomic E-state index is 12.1. The van der Waals surface area contributed by atoms with Gasteiger partial charge in [-0.1, -0.05) is 61.9 Å². The fourth-order valence-electron chi connectivity index (χ4n) is 3.91. The molecule has 0 saturated heterocycles. The second kappa shape index (κ2) is 9.40. The predicted molar refractivity (Wildman–Crippen MR) is 108 cm³/mol. The van der Waals surface area contributed by atoms with E-state index < -0.39 is 12.1 Å². The molecule has 0 aromatic heterocycles. The van der Waals surface area contributed by atoms with E-state index in [1.54, 1.807) is 0 Å². The third-order valence-electron chi connectivity index (χ3n) is 5.51. The molecule has 28 heavy (non-hydrogen) atoms. The summed E-state index contributed by atoms with van der Waals surface area (Å²) < 4.78 is 5.51. The fourth-order valence-corrected chi connectivity index (χ4v) is 3.91. The van der Waals surface area contributed by atoms with Gasteiger partial charge in [-0.15, -0.1) is 0 Å². The minimum Gasteiger partial charge on any atom is -0.481 e. The summed E-state index contributed by atoms with van der Waals surface area (Å²) >= 11 is 0. The van der Waals surface area contributed by atoms with E-state index in [4.69, 9.17) is 9.84 Å². The number of carbonyl (C=O) groups excluding carboxylic acids is 1. The monoisotopic (exact) mass is 381 g/mol. The van der Waals surface area contributed by atoms with Crippen molar-refractivity contribution < 1.29 is 19.4 Å². The number of hydrogen-bond acceptors (Lipinski definition) is 3. The first kappa shape index (κ1) is 19.9. The number of amides is 1. The maximum Gasteiger partial charge on any atom is 0.407 e. The Kier molecular flexibility index (Phi) is 6.69. The zero-order valence-corrected chi connectivity index (χ0v) is 16.2. The van der Waals surface area contributed by atoms with E-state index in [1.165, 1.54) is 22.3 Å². The molecule has 2 aromatic carbocycles. The van der Waals surface area contributed by atoms with Crippen LogP contribution < -0.4 is 5.32 Å². The zero-order chi connectivity index (χ0) is 19.9. The Morgan fingerprint density at radius 2 is 1.64 bits per heavy atom. The topological polar surface area (TPSA) is 75.6 Å². The van der Waals surface area contributed by atoms with Crippen LogP contribution in [0.2, 0.25) is 0 Å². The Morgan fingerprint density at radius 1 is 1.04 bits per heavy atom. The van der Waals surface area contributed by atoms with Gasteiger partial charge in [0.1, 0.15) is 6.61 Å². The molecule has 0 radical (unpaired) electrons. The first-order valence-corrected chi connectivity index (χ1v) is 9.90. The van der Waals surface area contributed by atoms with Crippen molar-refractivity contribution in [1.29, 1.82) is 0 Å². The van der Waals surface area contributed by atoms with Crippen LogP contribution >= 0.6 is 0 Å². The summed E-state index contributed by atoms with van der Waals surface area (Å²) in [5.74, 6) is -0.426. The summed E-state index contributed by atoms with van der Waals surface area (Å²) in [4.78, 5) is 22.8. The fraction of sp³-hybridized carbons (Fsp3) is 0.391. The molecule has 148 valence electrons. The van der Waals surface area contributed by atoms with Crippen LogP contribution in [0.1, 0.15) is 49.7 Å². The third kappa shape index (κ3) is 4.71. The Balaban J connectivity index is 1.50. The zero-order valence-electron chi connectivity index (χ0n) is 16.2. The number of rotatable bonds is 9. The summed E-state index contributed by atoms with van der Waals surface area (Å²) in [5, 5.41) is 11.6. The molecule has 1 aliphatic carbocycles. The molecule has 1 aliphatic rings. The normalized spacial score (nSPS) is 13.5. The Morgan fingerprint density at radius 3 is 2.21 bits per heavy atom. The van der Waals surface area contributed by atoms with Gasteiger partial charge in [-0.3, -0.25) is 4.79 Å². The molecule has 0 spiro atoms. The molecular weight excluding hydrogens is 354 g/mol. The number of benzene rings is 2. The number of fused-ring (bicyclic) bond motifs is 3. The number of carboxylic acids is 1. The SMILES string of the molecule is CCC(CCNC(=O)OCC1c2ccccc2-c2ccccc21)CCC(=O)O. The molecule has 3 rings (SSSR count). The Labute approximate surface area is 165 Å². The van der Waals surface area contributed by atoms with Crippen molar-refractivity contribution in [2.75, 3.05) is 13.2 Å². The number of carboxylic acid groups (broad SMARTS) is 1. The van der Waals surface area contributed by atoms with Crippen LogP contribution in [0.4, 0.5) is 4.79 Å². The van der Waals surface area contributed by atoms with Gasteiger partial charge in [0.25, 0.3) is 0 Å². The van der Waals surface area contributed by atoms with Crippen molar-refractivity contribution in [3.63, 3.8) is 0 Å². The van der Waals surface area contributed by atoms with Crippen LogP contribution in [-0.2, 0) is 9.53 Å². The highest BCUT2D eigenvalue weighted by Gasteiger charge is 2.28. The molecule has 2 aromatic rings. The first-order chi connectivity index (χ1) is 13.6. The number of alkyl carbamates (subject to hydrolysis) is 1. The standard InChI is InChI=1S/C23H27NO4/c1-2-16(11-12-22(25)26)13-14-24-23(27)28-15-21-19-9-5-3-7-17(19)18-8-4-6-10-20(18)21/h3-10,16,21H,2,11-15H2,1H3,(H,24,27)(H,25,26). The minimum atomic E-state index is -0.775. The molecule has 0 saturated carbocycles. The second-order valence-corrected chi connectivity index (χ2v) is 7.25. The van der Waals surface area contributed by atoms with Gasteiger partial charge in [0.2, 0.25) is 0 Å². The van der Waals surface area contributed by atoms with E-state index in [-0.39, 0.29) is 12.3 Å². The molecule has 1 unspecified atom stereocenters. The number of carbonyl (C=O) groups is 2. The number of ether oxygens (including phenoxy) is 1. The molecule has 0 fully saturated rings. The van der Waals surface area contributed by atoms with Crippen LogP contribution in [0.3, 0.4) is 0 Å². The first-order valence-electron chi connectivity index (χ1n) is 9.90. The average Bonchev–Trinajstić information content (AvgIpc) is 3.02. The van der Waals surface area contributed by atoms with E-state index in [0.717, 1.165) is 12.8 Å². The smallest absolute Gasteiger partial charge is 0.407 e. The highest BCUT2D eigenvalue weighted by atomic mass is 16.5. The van der Waals surface area contributed by atoms with Crippen molar-refractivity contribution in [1.82, 2.24) is 5.32 Å². The van der Waals surface area contributed by atoms with Crippen molar-refractivity contribution in [3.05, 3.63) is 59.7 Å². The average molecular weight is 381 g/mol. The lowest BCUT2D eigenvalue weighted by atomic mass is 9.97. The lowest BCUT2D eigenvalue weighted by Gasteiger charge is -2.16. The van der Waals surface area contributed by atoms with Crippen molar-refractivity contribution in [2.24, 2.45) is 5.92 Å². The summed E-state index contributed by atoms with van der Waals surface area (Å²) in [6.45, 7) is 2.84. The molecule has 0 bridgehead atoms. The lowest BCUT2D eigenvalue weighted by Crippen LogP contribution is -2.28. The Bertz CT molecular complexity index is 787. The van der Waals surface area contributed by atoms with Crippen LogP contribution in [0.15, 0.2) is 48.5 Å². The van der Waals surface area contributed by atoms with E-state index >= 15 is 0 Å². The van der Waals surface area contributed by atoms with Gasteiger partial charge in [-0.2, -0.15) is 0 Å². The largest absolute Gasteiger partial charge is 0.481 e. The summed E-state index contributed by atoms with van der Waals surface area (Å²) in [7, 11) is 0. The number of hydrogen-bond donors (Lipinski definition) is 2. The van der Waals surface area contributed by atoms with E-state index in [0.29, 0.717) is 25.5 Å². The lowest BCUT2D eigenvalue weighted by molar-refractivity contribution is -0.137. The van der Waals surface area contributed by atoms with E-state index in [1.807, 2.05) is 31.2 Å². The van der Waals surface area contributed by atoms with E-state index in [2.05, 4.69) is 29.6 Å². The van der Waals surface area contributed by atoms with Gasteiger partial charge in [0, 0.05) is 18.9 Å². The van der Waals surface area contributed by atoms with Gasteiger partial charge < -0.3 is 15.2 Å². The van der Waals surface area contributed by atoms with Crippen LogP contribution in [0, 0.1) is 5.92 Å². The van der Waals surface area contributed by atoms with Crippen molar-refractivity contribution in [3.8, 4) is 11.1 Å². The van der Waals surface area contributed by atoms with Crippen LogP contribution in [0.25, 0.3) is 11.1 Å². The number of aliphatic carboxylic acids is 1. The van der Waals surface area contributed by atoms with E-state index in [9.17, 15) is 9.59 Å². The molecule has 1 amide bonds. The Hall–Kier alpha value is -2.82. The molecule has 2 N–H and O–H groups in total. The minimum absolute atomic E-state index is 0.0529. The second-order valence-electron chi connectivity index (χ2n) is 7.25. The van der Waals surface area contributed by atoms with Gasteiger partial charge in [-0.05, 0) is 41.0 Å². The quantitative estimate of drug-likeness (QED) is 0.654. The molecule has 5 nitrogen and oxygen atoms in total. The van der Waals surface area contributed by atoms with Crippen molar-refractivity contribution in [2.45, 2.75) is 38.5 Å². The van der Waals surface area contributed by atoms with Gasteiger partial charge in [-0.25, -0.2) is 4.79 Å². The van der Waals surface area contributed by atoms with Gasteiger partial charge >= 0.3 is 12.1 Å². The highest BCUT2D eigenvalue weighted by Crippen LogP contribution is 2.44. The molecule has 0 aliphatic heterocycles. The summed E-state index contributed by atoms with van der Waals surface area (Å²) in [6.07, 6.45) is 2.05. The summed E-state index contributed by atoms with van der Waals surface area (Å²) in [5.41, 5.74) is 4.79. The van der Waals surface area contributed by atoms with Gasteiger partial charge in [0.15, 0.2) is 0 Å². The molecule has 5 heteroatoms. The predicted octanol–water partition coefficient (Wildman–Crippen LogP) is 4.81. The van der Waals surface area contributed by atoms with Gasteiger partial charge in [0.05, 0.1) is 0 Å².